The number of sulfone groups is 1. The fraction of sp³-hybridized carbons (Fsp3) is 0.818. The van der Waals surface area contributed by atoms with Crippen molar-refractivity contribution in [1.82, 2.24) is 5.32 Å². The molecule has 1 aliphatic rings. The van der Waals surface area contributed by atoms with Crippen LogP contribution in [0.15, 0.2) is 0 Å². The highest BCUT2D eigenvalue weighted by atomic mass is 32.2. The fourth-order valence-corrected chi connectivity index (χ4v) is 2.28. The van der Waals surface area contributed by atoms with Crippen molar-refractivity contribution >= 4 is 21.7 Å². The Morgan fingerprint density at radius 1 is 1.33 bits per heavy atom. The molecule has 0 aromatic carbocycles. The quantitative estimate of drug-likeness (QED) is 0.746. The molecular weight excluding hydrogens is 258 g/mol. The van der Waals surface area contributed by atoms with E-state index in [9.17, 15) is 18.0 Å². The average Bonchev–Trinajstić information content (AvgIpc) is 2.94. The van der Waals surface area contributed by atoms with Crippen LogP contribution in [0, 0.1) is 5.92 Å². The van der Waals surface area contributed by atoms with Gasteiger partial charge in [-0.3, -0.25) is 4.79 Å². The summed E-state index contributed by atoms with van der Waals surface area (Å²) < 4.78 is 22.6. The molecule has 1 unspecified atom stereocenters. The van der Waals surface area contributed by atoms with E-state index in [2.05, 4.69) is 5.32 Å². The van der Waals surface area contributed by atoms with Crippen LogP contribution in [-0.4, -0.2) is 41.9 Å². The summed E-state index contributed by atoms with van der Waals surface area (Å²) >= 11 is 0. The Kier molecular flexibility index (Phi) is 4.05. The summed E-state index contributed by atoms with van der Waals surface area (Å²) in [6, 6.07) is -0.965. The molecule has 7 heteroatoms. The second-order valence-electron chi connectivity index (χ2n) is 5.59. The lowest BCUT2D eigenvalue weighted by molar-refractivity contribution is -0.142. The molecule has 0 aliphatic heterocycles. The molecule has 18 heavy (non-hydrogen) atoms. The molecular formula is C11H19NO5S. The summed E-state index contributed by atoms with van der Waals surface area (Å²) in [5, 5.41) is 11.2. The highest BCUT2D eigenvalue weighted by molar-refractivity contribution is 7.93. The minimum Gasteiger partial charge on any atom is -0.480 e. The Labute approximate surface area is 107 Å². The van der Waals surface area contributed by atoms with Gasteiger partial charge in [-0.1, -0.05) is 0 Å². The molecule has 0 heterocycles. The zero-order valence-corrected chi connectivity index (χ0v) is 11.6. The molecule has 104 valence electrons. The SMILES string of the molecule is CC(C)(C)S(=O)(=O)CC(=O)NC(C(=O)O)C1CC1. The zero-order chi connectivity index (χ0) is 14.1. The molecule has 1 atom stereocenters. The maximum Gasteiger partial charge on any atom is 0.326 e. The van der Waals surface area contributed by atoms with Gasteiger partial charge in [0, 0.05) is 0 Å². The molecule has 0 radical (unpaired) electrons. The molecule has 0 saturated heterocycles. The molecule has 1 aliphatic carbocycles. The summed E-state index contributed by atoms with van der Waals surface area (Å²) in [4.78, 5) is 22.5. The summed E-state index contributed by atoms with van der Waals surface area (Å²) in [6.07, 6.45) is 1.51. The molecule has 2 N–H and O–H groups in total. The number of amides is 1. The predicted molar refractivity (Wildman–Crippen MR) is 65.8 cm³/mol. The van der Waals surface area contributed by atoms with Crippen molar-refractivity contribution in [2.45, 2.75) is 44.4 Å². The summed E-state index contributed by atoms with van der Waals surface area (Å²) in [5.74, 6) is -2.60. The molecule has 0 spiro atoms. The number of aliphatic carboxylic acids is 1. The first-order valence-corrected chi connectivity index (χ1v) is 7.44. The van der Waals surface area contributed by atoms with E-state index in [0.29, 0.717) is 0 Å². The van der Waals surface area contributed by atoms with Gasteiger partial charge in [-0.2, -0.15) is 0 Å². The monoisotopic (exact) mass is 277 g/mol. The minimum absolute atomic E-state index is 0.0659. The van der Waals surface area contributed by atoms with Crippen LogP contribution < -0.4 is 5.32 Å². The van der Waals surface area contributed by atoms with Gasteiger partial charge in [-0.15, -0.1) is 0 Å². The molecule has 1 fully saturated rings. The molecule has 1 rings (SSSR count). The number of hydrogen-bond donors (Lipinski definition) is 2. The van der Waals surface area contributed by atoms with Crippen molar-refractivity contribution in [3.05, 3.63) is 0 Å². The third kappa shape index (κ3) is 3.69. The van der Waals surface area contributed by atoms with Gasteiger partial charge in [0.15, 0.2) is 9.84 Å². The van der Waals surface area contributed by atoms with Crippen LogP contribution in [0.5, 0.6) is 0 Å². The number of carbonyl (C=O) groups excluding carboxylic acids is 1. The Morgan fingerprint density at radius 3 is 2.17 bits per heavy atom. The van der Waals surface area contributed by atoms with Crippen molar-refractivity contribution < 1.29 is 23.1 Å². The summed E-state index contributed by atoms with van der Waals surface area (Å²) in [5.41, 5.74) is 0. The number of nitrogens with one attached hydrogen (secondary N) is 1. The van der Waals surface area contributed by atoms with E-state index in [1.807, 2.05) is 0 Å². The van der Waals surface area contributed by atoms with Gasteiger partial charge in [0.1, 0.15) is 11.8 Å². The smallest absolute Gasteiger partial charge is 0.326 e. The third-order valence-corrected chi connectivity index (χ3v) is 5.44. The molecule has 0 aromatic rings. The van der Waals surface area contributed by atoms with E-state index in [4.69, 9.17) is 5.11 Å². The molecule has 1 saturated carbocycles. The van der Waals surface area contributed by atoms with E-state index in [1.54, 1.807) is 0 Å². The molecule has 0 aromatic heterocycles. The Morgan fingerprint density at radius 2 is 1.83 bits per heavy atom. The predicted octanol–water partition coefficient (Wildman–Crippen LogP) is 0.179. The highest BCUT2D eigenvalue weighted by Crippen LogP contribution is 2.32. The van der Waals surface area contributed by atoms with Gasteiger partial charge >= 0.3 is 5.97 Å². The lowest BCUT2D eigenvalue weighted by atomic mass is 10.2. The average molecular weight is 277 g/mol. The molecule has 6 nitrogen and oxygen atoms in total. The van der Waals surface area contributed by atoms with Gasteiger partial charge in [-0.25, -0.2) is 13.2 Å². The lowest BCUT2D eigenvalue weighted by Gasteiger charge is -2.20. The number of carboxylic acid groups (broad SMARTS) is 1. The largest absolute Gasteiger partial charge is 0.480 e. The van der Waals surface area contributed by atoms with E-state index in [1.165, 1.54) is 20.8 Å². The first-order chi connectivity index (χ1) is 8.04. The Balaban J connectivity index is 2.64. The van der Waals surface area contributed by atoms with Crippen molar-refractivity contribution in [3.63, 3.8) is 0 Å². The topological polar surface area (TPSA) is 101 Å². The van der Waals surface area contributed by atoms with Crippen molar-refractivity contribution in [1.29, 1.82) is 0 Å². The van der Waals surface area contributed by atoms with Gasteiger partial charge < -0.3 is 10.4 Å². The lowest BCUT2D eigenvalue weighted by Crippen LogP contribution is -2.46. The normalized spacial score (nSPS) is 18.2. The number of hydrogen-bond acceptors (Lipinski definition) is 4. The highest BCUT2D eigenvalue weighted by Gasteiger charge is 2.39. The first kappa shape index (κ1) is 14.9. The van der Waals surface area contributed by atoms with Crippen LogP contribution in [0.1, 0.15) is 33.6 Å². The Bertz CT molecular complexity index is 445. The second kappa shape index (κ2) is 4.87. The minimum atomic E-state index is -3.58. The van der Waals surface area contributed by atoms with Crippen LogP contribution in [-0.2, 0) is 19.4 Å². The van der Waals surface area contributed by atoms with E-state index in [-0.39, 0.29) is 5.92 Å². The van der Waals surface area contributed by atoms with Crippen LogP contribution in [0.2, 0.25) is 0 Å². The van der Waals surface area contributed by atoms with Gasteiger partial charge in [0.05, 0.1) is 4.75 Å². The van der Waals surface area contributed by atoms with Crippen molar-refractivity contribution in [3.8, 4) is 0 Å². The Hall–Kier alpha value is -1.11. The number of carboxylic acids is 1. The standard InChI is InChI=1S/C11H19NO5S/c1-11(2,3)18(16,17)6-8(13)12-9(10(14)15)7-4-5-7/h7,9H,4-6H2,1-3H3,(H,12,13)(H,14,15). The van der Waals surface area contributed by atoms with Crippen LogP contribution in [0.25, 0.3) is 0 Å². The zero-order valence-electron chi connectivity index (χ0n) is 10.8. The van der Waals surface area contributed by atoms with E-state index in [0.717, 1.165) is 12.8 Å². The third-order valence-electron chi connectivity index (χ3n) is 2.93. The van der Waals surface area contributed by atoms with Gasteiger partial charge in [0.25, 0.3) is 0 Å². The van der Waals surface area contributed by atoms with Crippen LogP contribution >= 0.6 is 0 Å². The summed E-state index contributed by atoms with van der Waals surface area (Å²) in [6.45, 7) is 4.52. The number of rotatable bonds is 5. The molecule has 0 bridgehead atoms. The van der Waals surface area contributed by atoms with Crippen LogP contribution in [0.3, 0.4) is 0 Å². The maximum absolute atomic E-state index is 11.8. The van der Waals surface area contributed by atoms with E-state index < -0.39 is 38.3 Å². The summed E-state index contributed by atoms with van der Waals surface area (Å²) in [7, 11) is -3.58. The van der Waals surface area contributed by atoms with Crippen molar-refractivity contribution in [2.24, 2.45) is 5.92 Å². The van der Waals surface area contributed by atoms with Gasteiger partial charge in [0.2, 0.25) is 5.91 Å². The van der Waals surface area contributed by atoms with E-state index >= 15 is 0 Å². The fourth-order valence-electron chi connectivity index (χ4n) is 1.41. The first-order valence-electron chi connectivity index (χ1n) is 5.79. The number of carbonyl (C=O) groups is 2. The maximum atomic E-state index is 11.8. The van der Waals surface area contributed by atoms with Crippen molar-refractivity contribution in [2.75, 3.05) is 5.75 Å². The molecule has 1 amide bonds. The second-order valence-corrected chi connectivity index (χ2v) is 8.34. The van der Waals surface area contributed by atoms with Gasteiger partial charge in [-0.05, 0) is 39.5 Å². The van der Waals surface area contributed by atoms with Crippen LogP contribution in [0.4, 0.5) is 0 Å².